The van der Waals surface area contributed by atoms with Gasteiger partial charge in [0.05, 0.1) is 12.7 Å². The van der Waals surface area contributed by atoms with E-state index >= 15 is 0 Å². The number of nitrogens with zero attached hydrogens (tertiary/aromatic N) is 1. The molecule has 0 heterocycles. The molecule has 0 aromatic carbocycles. The molecule has 0 bridgehead atoms. The van der Waals surface area contributed by atoms with Gasteiger partial charge in [-0.1, -0.05) is 0 Å². The van der Waals surface area contributed by atoms with E-state index in [1.54, 1.807) is 6.92 Å². The maximum Gasteiger partial charge on any atom is 0.327 e. The predicted octanol–water partition coefficient (Wildman–Crippen LogP) is 0.422. The van der Waals surface area contributed by atoms with Gasteiger partial charge in [0.15, 0.2) is 5.41 Å². The van der Waals surface area contributed by atoms with Crippen LogP contribution in [0.2, 0.25) is 0 Å². The van der Waals surface area contributed by atoms with Crippen LogP contribution in [0.15, 0.2) is 0 Å². The number of hydrogen-bond donors (Lipinski definition) is 0. The van der Waals surface area contributed by atoms with E-state index in [9.17, 15) is 9.59 Å². The van der Waals surface area contributed by atoms with Crippen LogP contribution >= 0.6 is 0 Å². The summed E-state index contributed by atoms with van der Waals surface area (Å²) < 4.78 is 4.67. The number of nitriles is 1. The first-order valence-electron chi connectivity index (χ1n) is 3.75. The average molecular weight is 167 g/mol. The molecule has 64 valence electrons. The van der Waals surface area contributed by atoms with Crippen LogP contribution in [0, 0.1) is 16.7 Å². The summed E-state index contributed by atoms with van der Waals surface area (Å²) in [7, 11) is 0. The normalized spacial score (nSPS) is 19.2. The number of hydrogen-bond acceptors (Lipinski definition) is 4. The average Bonchev–Trinajstić information content (AvgIpc) is 1.98. The molecule has 0 aromatic heterocycles. The van der Waals surface area contributed by atoms with Crippen LogP contribution in [0.3, 0.4) is 0 Å². The fourth-order valence-electron chi connectivity index (χ4n) is 1.16. The van der Waals surface area contributed by atoms with Crippen molar-refractivity contribution in [1.82, 2.24) is 0 Å². The Kier molecular flexibility index (Phi) is 2.13. The molecule has 12 heavy (non-hydrogen) atoms. The first kappa shape index (κ1) is 8.72. The number of ketones is 1. The first-order chi connectivity index (χ1) is 5.64. The Morgan fingerprint density at radius 2 is 2.33 bits per heavy atom. The molecule has 1 saturated carbocycles. The van der Waals surface area contributed by atoms with Gasteiger partial charge >= 0.3 is 5.97 Å². The molecular formula is C8H9NO3. The molecular weight excluding hydrogens is 158 g/mol. The van der Waals surface area contributed by atoms with Gasteiger partial charge in [-0.05, 0) is 6.92 Å². The summed E-state index contributed by atoms with van der Waals surface area (Å²) in [5.74, 6) is -0.614. The number of ether oxygens (including phenoxy) is 1. The summed E-state index contributed by atoms with van der Waals surface area (Å²) in [6.45, 7) is 1.92. The zero-order valence-electron chi connectivity index (χ0n) is 6.79. The van der Waals surface area contributed by atoms with Crippen LogP contribution in [0.5, 0.6) is 0 Å². The Bertz CT molecular complexity index is 256. The van der Waals surface area contributed by atoms with E-state index in [-0.39, 0.29) is 25.2 Å². The summed E-state index contributed by atoms with van der Waals surface area (Å²) in [6, 6.07) is 1.83. The number of rotatable bonds is 2. The van der Waals surface area contributed by atoms with Gasteiger partial charge in [-0.3, -0.25) is 9.59 Å². The minimum atomic E-state index is -1.16. The van der Waals surface area contributed by atoms with Crippen molar-refractivity contribution in [1.29, 1.82) is 5.26 Å². The van der Waals surface area contributed by atoms with E-state index in [0.29, 0.717) is 0 Å². The van der Waals surface area contributed by atoms with E-state index < -0.39 is 11.4 Å². The van der Waals surface area contributed by atoms with Gasteiger partial charge in [0.2, 0.25) is 0 Å². The molecule has 0 atom stereocenters. The smallest absolute Gasteiger partial charge is 0.327 e. The Labute approximate surface area is 70.1 Å². The largest absolute Gasteiger partial charge is 0.465 e. The predicted molar refractivity (Wildman–Crippen MR) is 38.9 cm³/mol. The number of carbonyl (C=O) groups is 2. The molecule has 4 nitrogen and oxygen atoms in total. The van der Waals surface area contributed by atoms with E-state index in [1.165, 1.54) is 0 Å². The Morgan fingerprint density at radius 1 is 1.75 bits per heavy atom. The van der Waals surface area contributed by atoms with Crippen molar-refractivity contribution in [3.63, 3.8) is 0 Å². The van der Waals surface area contributed by atoms with E-state index in [2.05, 4.69) is 4.74 Å². The van der Waals surface area contributed by atoms with Crippen LogP contribution in [-0.4, -0.2) is 18.4 Å². The summed E-state index contributed by atoms with van der Waals surface area (Å²) in [5, 5.41) is 8.65. The minimum Gasteiger partial charge on any atom is -0.465 e. The molecule has 0 spiro atoms. The topological polar surface area (TPSA) is 67.2 Å². The third-order valence-corrected chi connectivity index (χ3v) is 1.88. The summed E-state index contributed by atoms with van der Waals surface area (Å²) >= 11 is 0. The third-order valence-electron chi connectivity index (χ3n) is 1.88. The number of carbonyl (C=O) groups excluding carboxylic acids is 2. The maximum absolute atomic E-state index is 11.1. The van der Waals surface area contributed by atoms with Crippen LogP contribution in [0.1, 0.15) is 19.8 Å². The highest BCUT2D eigenvalue weighted by Crippen LogP contribution is 2.38. The van der Waals surface area contributed by atoms with E-state index in [4.69, 9.17) is 5.26 Å². The molecule has 0 N–H and O–H groups in total. The van der Waals surface area contributed by atoms with Crippen molar-refractivity contribution in [2.75, 3.05) is 6.61 Å². The Balaban J connectivity index is 2.65. The first-order valence-corrected chi connectivity index (χ1v) is 3.75. The standard InChI is InChI=1S/C8H9NO3/c1-2-12-7(11)8(5-9)3-6(10)4-8/h2-4H2,1H3. The molecule has 1 fully saturated rings. The van der Waals surface area contributed by atoms with Crippen LogP contribution in [0.4, 0.5) is 0 Å². The lowest BCUT2D eigenvalue weighted by molar-refractivity contribution is -0.160. The summed E-state index contributed by atoms with van der Waals surface area (Å²) in [4.78, 5) is 21.8. The van der Waals surface area contributed by atoms with Gasteiger partial charge in [0, 0.05) is 12.8 Å². The fourth-order valence-corrected chi connectivity index (χ4v) is 1.16. The van der Waals surface area contributed by atoms with Crippen molar-refractivity contribution in [2.45, 2.75) is 19.8 Å². The zero-order valence-corrected chi connectivity index (χ0v) is 6.79. The van der Waals surface area contributed by atoms with E-state index in [1.807, 2.05) is 6.07 Å². The second kappa shape index (κ2) is 2.94. The summed E-state index contributed by atoms with van der Waals surface area (Å²) in [6.07, 6.45) is 0.0324. The molecule has 0 unspecified atom stereocenters. The van der Waals surface area contributed by atoms with Gasteiger partial charge in [0.25, 0.3) is 0 Å². The van der Waals surface area contributed by atoms with Gasteiger partial charge in [-0.25, -0.2) is 0 Å². The Hall–Kier alpha value is -1.37. The monoisotopic (exact) mass is 167 g/mol. The maximum atomic E-state index is 11.1. The second-order valence-electron chi connectivity index (χ2n) is 2.81. The lowest BCUT2D eigenvalue weighted by atomic mass is 9.69. The highest BCUT2D eigenvalue weighted by atomic mass is 16.5. The van der Waals surface area contributed by atoms with Crippen molar-refractivity contribution in [2.24, 2.45) is 5.41 Å². The SMILES string of the molecule is CCOC(=O)C1(C#N)CC(=O)C1. The second-order valence-corrected chi connectivity index (χ2v) is 2.81. The Morgan fingerprint density at radius 3 is 2.67 bits per heavy atom. The van der Waals surface area contributed by atoms with Gasteiger partial charge in [0.1, 0.15) is 5.78 Å². The molecule has 0 radical (unpaired) electrons. The third kappa shape index (κ3) is 1.18. The molecule has 0 aliphatic heterocycles. The number of Topliss-reactive ketones (excluding diaryl/α,β-unsaturated/α-hetero) is 1. The van der Waals surface area contributed by atoms with Crippen LogP contribution in [0.25, 0.3) is 0 Å². The molecule has 1 aliphatic rings. The number of esters is 1. The molecule has 4 heteroatoms. The fraction of sp³-hybridized carbons (Fsp3) is 0.625. The van der Waals surface area contributed by atoms with Gasteiger partial charge in [-0.2, -0.15) is 5.26 Å². The lowest BCUT2D eigenvalue weighted by Gasteiger charge is -2.30. The van der Waals surface area contributed by atoms with Crippen LogP contribution < -0.4 is 0 Å². The van der Waals surface area contributed by atoms with E-state index in [0.717, 1.165) is 0 Å². The van der Waals surface area contributed by atoms with Crippen molar-refractivity contribution in [3.8, 4) is 6.07 Å². The van der Waals surface area contributed by atoms with Crippen molar-refractivity contribution < 1.29 is 14.3 Å². The lowest BCUT2D eigenvalue weighted by Crippen LogP contribution is -2.44. The molecule has 1 rings (SSSR count). The quantitative estimate of drug-likeness (QED) is 0.559. The van der Waals surface area contributed by atoms with Gasteiger partial charge in [-0.15, -0.1) is 0 Å². The highest BCUT2D eigenvalue weighted by molar-refractivity contribution is 5.99. The van der Waals surface area contributed by atoms with Gasteiger partial charge < -0.3 is 4.74 Å². The molecule has 0 amide bonds. The minimum absolute atomic E-state index is 0.0162. The molecule has 0 saturated heterocycles. The highest BCUT2D eigenvalue weighted by Gasteiger charge is 2.51. The van der Waals surface area contributed by atoms with Crippen molar-refractivity contribution >= 4 is 11.8 Å². The molecule has 0 aromatic rings. The van der Waals surface area contributed by atoms with Crippen molar-refractivity contribution in [3.05, 3.63) is 0 Å². The zero-order chi connectivity index (χ0) is 9.19. The van der Waals surface area contributed by atoms with Crippen LogP contribution in [-0.2, 0) is 14.3 Å². The summed E-state index contributed by atoms with van der Waals surface area (Å²) in [5.41, 5.74) is -1.16. The molecule has 1 aliphatic carbocycles.